The van der Waals surface area contributed by atoms with Crippen LogP contribution in [0.4, 0.5) is 5.13 Å². The topological polar surface area (TPSA) is 54.7 Å². The summed E-state index contributed by atoms with van der Waals surface area (Å²) in [6.45, 7) is 7.16. The number of anilines is 1. The second-order valence-corrected chi connectivity index (χ2v) is 6.30. The van der Waals surface area contributed by atoms with E-state index in [1.807, 2.05) is 17.6 Å². The molecular formula is C13H21N5OS. The van der Waals surface area contributed by atoms with E-state index in [9.17, 15) is 0 Å². The minimum Gasteiger partial charge on any atom is -0.383 e. The van der Waals surface area contributed by atoms with Crippen molar-refractivity contribution in [3.8, 4) is 0 Å². The SMILES string of the molecule is COCCN1CC[C@@H](CNc2nn3cc(C)nc3s2)C1. The molecular weight excluding hydrogens is 274 g/mol. The van der Waals surface area contributed by atoms with E-state index in [-0.39, 0.29) is 0 Å². The minimum absolute atomic E-state index is 0.699. The molecule has 0 amide bonds. The van der Waals surface area contributed by atoms with Crippen LogP contribution in [0.3, 0.4) is 0 Å². The van der Waals surface area contributed by atoms with Crippen LogP contribution in [-0.2, 0) is 4.74 Å². The Morgan fingerprint density at radius 1 is 1.55 bits per heavy atom. The van der Waals surface area contributed by atoms with Crippen LogP contribution in [0.1, 0.15) is 12.1 Å². The summed E-state index contributed by atoms with van der Waals surface area (Å²) in [6.07, 6.45) is 3.21. The average molecular weight is 295 g/mol. The van der Waals surface area contributed by atoms with E-state index in [1.165, 1.54) is 13.0 Å². The molecule has 1 N–H and O–H groups in total. The number of nitrogens with zero attached hydrogens (tertiary/aromatic N) is 4. The number of nitrogens with one attached hydrogen (secondary N) is 1. The van der Waals surface area contributed by atoms with Gasteiger partial charge in [0, 0.05) is 26.7 Å². The van der Waals surface area contributed by atoms with Crippen molar-refractivity contribution in [3.63, 3.8) is 0 Å². The van der Waals surface area contributed by atoms with Crippen molar-refractivity contribution in [1.29, 1.82) is 0 Å². The van der Waals surface area contributed by atoms with Gasteiger partial charge in [-0.3, -0.25) is 0 Å². The zero-order chi connectivity index (χ0) is 13.9. The summed E-state index contributed by atoms with van der Waals surface area (Å²) < 4.78 is 6.98. The third kappa shape index (κ3) is 3.11. The van der Waals surface area contributed by atoms with Gasteiger partial charge in [0.15, 0.2) is 0 Å². The summed E-state index contributed by atoms with van der Waals surface area (Å²) in [5.41, 5.74) is 1.01. The summed E-state index contributed by atoms with van der Waals surface area (Å²) in [5, 5.41) is 8.90. The van der Waals surface area contributed by atoms with Crippen molar-refractivity contribution in [2.75, 3.05) is 45.2 Å². The molecule has 0 aliphatic carbocycles. The minimum atomic E-state index is 0.699. The van der Waals surface area contributed by atoms with Crippen LogP contribution in [0.15, 0.2) is 6.20 Å². The highest BCUT2D eigenvalue weighted by Crippen LogP contribution is 2.21. The molecule has 0 aromatic carbocycles. The standard InChI is InChI=1S/C13H21N5OS/c1-10-8-18-13(15-10)20-12(16-18)14-7-11-3-4-17(9-11)5-6-19-2/h8,11H,3-7,9H2,1-2H3,(H,14,16)/t11-/m0/s1. The number of aryl methyl sites for hydroxylation is 1. The predicted molar refractivity (Wildman–Crippen MR) is 80.5 cm³/mol. The molecule has 2 aromatic heterocycles. The lowest BCUT2D eigenvalue weighted by atomic mass is 10.1. The number of hydrogen-bond donors (Lipinski definition) is 1. The van der Waals surface area contributed by atoms with E-state index in [1.54, 1.807) is 18.4 Å². The van der Waals surface area contributed by atoms with Gasteiger partial charge >= 0.3 is 0 Å². The quantitative estimate of drug-likeness (QED) is 0.875. The average Bonchev–Trinajstić information content (AvgIpc) is 3.08. The summed E-state index contributed by atoms with van der Waals surface area (Å²) >= 11 is 1.61. The van der Waals surface area contributed by atoms with E-state index in [4.69, 9.17) is 4.74 Å². The highest BCUT2D eigenvalue weighted by Gasteiger charge is 2.22. The first-order chi connectivity index (χ1) is 9.74. The molecule has 1 atom stereocenters. The van der Waals surface area contributed by atoms with Gasteiger partial charge in [-0.1, -0.05) is 11.3 Å². The predicted octanol–water partition coefficient (Wildman–Crippen LogP) is 1.48. The molecule has 1 aliphatic heterocycles. The molecule has 7 heteroatoms. The highest BCUT2D eigenvalue weighted by molar-refractivity contribution is 7.20. The summed E-state index contributed by atoms with van der Waals surface area (Å²) in [6, 6.07) is 0. The summed E-state index contributed by atoms with van der Waals surface area (Å²) in [7, 11) is 1.76. The number of ether oxygens (including phenoxy) is 1. The molecule has 1 aliphatic rings. The number of fused-ring (bicyclic) bond motifs is 1. The van der Waals surface area contributed by atoms with Crippen molar-refractivity contribution >= 4 is 21.4 Å². The molecule has 1 saturated heterocycles. The maximum absolute atomic E-state index is 5.13. The van der Waals surface area contributed by atoms with Gasteiger partial charge in [-0.2, -0.15) is 0 Å². The van der Waals surface area contributed by atoms with Crippen LogP contribution in [-0.4, -0.2) is 59.4 Å². The van der Waals surface area contributed by atoms with E-state index in [2.05, 4.69) is 20.3 Å². The van der Waals surface area contributed by atoms with Gasteiger partial charge in [0.1, 0.15) is 0 Å². The number of rotatable bonds is 6. The maximum Gasteiger partial charge on any atom is 0.214 e. The van der Waals surface area contributed by atoms with Crippen molar-refractivity contribution in [2.24, 2.45) is 5.92 Å². The first-order valence-corrected chi connectivity index (χ1v) is 7.84. The maximum atomic E-state index is 5.13. The van der Waals surface area contributed by atoms with Gasteiger partial charge in [-0.05, 0) is 25.8 Å². The molecule has 6 nitrogen and oxygen atoms in total. The van der Waals surface area contributed by atoms with Gasteiger partial charge < -0.3 is 15.0 Å². The van der Waals surface area contributed by atoms with Crippen LogP contribution in [0.5, 0.6) is 0 Å². The van der Waals surface area contributed by atoms with Crippen LogP contribution < -0.4 is 5.32 Å². The van der Waals surface area contributed by atoms with Crippen LogP contribution >= 0.6 is 11.3 Å². The Morgan fingerprint density at radius 2 is 2.45 bits per heavy atom. The Labute approximate surface area is 122 Å². The lowest BCUT2D eigenvalue weighted by Gasteiger charge is -2.15. The molecule has 20 heavy (non-hydrogen) atoms. The van der Waals surface area contributed by atoms with Crippen molar-refractivity contribution < 1.29 is 4.74 Å². The largest absolute Gasteiger partial charge is 0.383 e. The Bertz CT molecular complexity index is 535. The van der Waals surface area contributed by atoms with Crippen molar-refractivity contribution in [2.45, 2.75) is 13.3 Å². The summed E-state index contributed by atoms with van der Waals surface area (Å²) in [4.78, 5) is 7.84. The first-order valence-electron chi connectivity index (χ1n) is 7.02. The molecule has 2 aromatic rings. The van der Waals surface area contributed by atoms with E-state index < -0.39 is 0 Å². The summed E-state index contributed by atoms with van der Waals surface area (Å²) in [5.74, 6) is 0.699. The number of imidazole rings is 1. The zero-order valence-electron chi connectivity index (χ0n) is 12.0. The lowest BCUT2D eigenvalue weighted by molar-refractivity contribution is 0.159. The molecule has 0 saturated carbocycles. The van der Waals surface area contributed by atoms with E-state index >= 15 is 0 Å². The Morgan fingerprint density at radius 3 is 3.25 bits per heavy atom. The van der Waals surface area contributed by atoms with E-state index in [0.717, 1.165) is 42.0 Å². The molecule has 0 bridgehead atoms. The zero-order valence-corrected chi connectivity index (χ0v) is 12.8. The Kier molecular flexibility index (Phi) is 4.18. The number of methoxy groups -OCH3 is 1. The fraction of sp³-hybridized carbons (Fsp3) is 0.692. The number of hydrogen-bond acceptors (Lipinski definition) is 6. The fourth-order valence-corrected chi connectivity index (χ4v) is 3.45. The number of aromatic nitrogens is 3. The van der Waals surface area contributed by atoms with Gasteiger partial charge in [-0.25, -0.2) is 9.50 Å². The van der Waals surface area contributed by atoms with Gasteiger partial charge in [0.05, 0.1) is 18.5 Å². The molecule has 3 heterocycles. The second-order valence-electron chi connectivity index (χ2n) is 5.35. The third-order valence-electron chi connectivity index (χ3n) is 3.69. The fourth-order valence-electron chi connectivity index (χ4n) is 2.62. The molecule has 1 fully saturated rings. The molecule has 110 valence electrons. The van der Waals surface area contributed by atoms with Crippen LogP contribution in [0.2, 0.25) is 0 Å². The van der Waals surface area contributed by atoms with Crippen LogP contribution in [0.25, 0.3) is 4.96 Å². The Hall–Kier alpha value is -1.18. The lowest BCUT2D eigenvalue weighted by Crippen LogP contribution is -2.26. The van der Waals surface area contributed by atoms with Gasteiger partial charge in [0.25, 0.3) is 0 Å². The second kappa shape index (κ2) is 6.07. The Balaban J connectivity index is 1.48. The third-order valence-corrected chi connectivity index (χ3v) is 4.57. The van der Waals surface area contributed by atoms with Gasteiger partial charge in [-0.15, -0.1) is 5.10 Å². The van der Waals surface area contributed by atoms with E-state index in [0.29, 0.717) is 5.92 Å². The van der Waals surface area contributed by atoms with Gasteiger partial charge in [0.2, 0.25) is 10.1 Å². The van der Waals surface area contributed by atoms with Crippen LogP contribution in [0, 0.1) is 12.8 Å². The van der Waals surface area contributed by atoms with Crippen molar-refractivity contribution in [1.82, 2.24) is 19.5 Å². The monoisotopic (exact) mass is 295 g/mol. The first kappa shape index (κ1) is 13.8. The molecule has 0 radical (unpaired) electrons. The smallest absolute Gasteiger partial charge is 0.214 e. The highest BCUT2D eigenvalue weighted by atomic mass is 32.1. The normalized spacial score (nSPS) is 20.0. The molecule has 0 unspecified atom stereocenters. The molecule has 3 rings (SSSR count). The van der Waals surface area contributed by atoms with Crippen molar-refractivity contribution in [3.05, 3.63) is 11.9 Å². The number of likely N-dealkylation sites (tertiary alicyclic amines) is 1. The molecule has 0 spiro atoms.